The Bertz CT molecular complexity index is 1060. The van der Waals surface area contributed by atoms with Crippen molar-refractivity contribution in [3.8, 4) is 11.3 Å². The van der Waals surface area contributed by atoms with Gasteiger partial charge in [-0.25, -0.2) is 9.97 Å². The lowest BCUT2D eigenvalue weighted by Gasteiger charge is -2.28. The largest absolute Gasteiger partial charge is 0.433 e. The summed E-state index contributed by atoms with van der Waals surface area (Å²) in [5.74, 6) is -0.158. The summed E-state index contributed by atoms with van der Waals surface area (Å²) in [5, 5.41) is -0.0607. The zero-order chi connectivity index (χ0) is 21.1. The third kappa shape index (κ3) is 4.64. The minimum Gasteiger partial charge on any atom is -0.337 e. The SMILES string of the molecule is O=C(CSc1nc(-c2ccccc2)cc(C(F)(F)F)n1)N1CCc2ccccc2C1. The van der Waals surface area contributed by atoms with Crippen LogP contribution in [0.2, 0.25) is 0 Å². The summed E-state index contributed by atoms with van der Waals surface area (Å²) in [6.45, 7) is 1.10. The average molecular weight is 429 g/mol. The molecule has 30 heavy (non-hydrogen) atoms. The van der Waals surface area contributed by atoms with Gasteiger partial charge in [-0.15, -0.1) is 0 Å². The molecule has 0 saturated heterocycles. The highest BCUT2D eigenvalue weighted by Crippen LogP contribution is 2.32. The van der Waals surface area contributed by atoms with Gasteiger partial charge in [-0.3, -0.25) is 4.79 Å². The molecule has 3 aromatic rings. The van der Waals surface area contributed by atoms with Crippen LogP contribution in [0.4, 0.5) is 13.2 Å². The van der Waals surface area contributed by atoms with Crippen molar-refractivity contribution in [1.82, 2.24) is 14.9 Å². The summed E-state index contributed by atoms with van der Waals surface area (Å²) < 4.78 is 40.0. The van der Waals surface area contributed by atoms with Gasteiger partial charge in [0.25, 0.3) is 0 Å². The lowest BCUT2D eigenvalue weighted by atomic mass is 10.00. The van der Waals surface area contributed by atoms with Gasteiger partial charge in [0.05, 0.1) is 11.4 Å². The monoisotopic (exact) mass is 429 g/mol. The Morgan fingerprint density at radius 3 is 2.43 bits per heavy atom. The average Bonchev–Trinajstić information content (AvgIpc) is 2.77. The molecule has 2 aromatic carbocycles. The van der Waals surface area contributed by atoms with Gasteiger partial charge >= 0.3 is 6.18 Å². The zero-order valence-electron chi connectivity index (χ0n) is 15.9. The quantitative estimate of drug-likeness (QED) is 0.440. The van der Waals surface area contributed by atoms with Crippen molar-refractivity contribution in [2.45, 2.75) is 24.3 Å². The minimum atomic E-state index is -4.59. The third-order valence-corrected chi connectivity index (χ3v) is 5.71. The fourth-order valence-electron chi connectivity index (χ4n) is 3.32. The van der Waals surface area contributed by atoms with E-state index in [9.17, 15) is 18.0 Å². The minimum absolute atomic E-state index is 0.0162. The van der Waals surface area contributed by atoms with Crippen molar-refractivity contribution in [1.29, 1.82) is 0 Å². The molecule has 8 heteroatoms. The molecule has 4 nitrogen and oxygen atoms in total. The standard InChI is InChI=1S/C22H18F3N3OS/c23-22(24,25)19-12-18(16-7-2-1-3-8-16)26-21(27-19)30-14-20(29)28-11-10-15-6-4-5-9-17(15)13-28/h1-9,12H,10-11,13-14H2. The number of carbonyl (C=O) groups excluding carboxylic acids is 1. The number of nitrogens with zero attached hydrogens (tertiary/aromatic N) is 3. The molecule has 1 aliphatic rings. The van der Waals surface area contributed by atoms with Crippen LogP contribution in [0.1, 0.15) is 16.8 Å². The van der Waals surface area contributed by atoms with Crippen LogP contribution in [0.15, 0.2) is 65.8 Å². The first kappa shape index (κ1) is 20.4. The fraction of sp³-hybridized carbons (Fsp3) is 0.227. The maximum Gasteiger partial charge on any atom is 0.433 e. The molecule has 0 unspecified atom stereocenters. The van der Waals surface area contributed by atoms with E-state index in [4.69, 9.17) is 0 Å². The molecule has 0 fully saturated rings. The number of benzene rings is 2. The molecule has 154 valence electrons. The Morgan fingerprint density at radius 2 is 1.70 bits per heavy atom. The highest BCUT2D eigenvalue weighted by molar-refractivity contribution is 7.99. The Kier molecular flexibility index (Phi) is 5.76. The van der Waals surface area contributed by atoms with Gasteiger partial charge in [0.1, 0.15) is 5.69 Å². The number of halogens is 3. The highest BCUT2D eigenvalue weighted by Gasteiger charge is 2.34. The molecular weight excluding hydrogens is 411 g/mol. The molecule has 0 saturated carbocycles. The molecular formula is C22H18F3N3OS. The second kappa shape index (κ2) is 8.47. The fourth-order valence-corrected chi connectivity index (χ4v) is 4.08. The summed E-state index contributed by atoms with van der Waals surface area (Å²) in [5.41, 5.74) is 2.05. The van der Waals surface area contributed by atoms with E-state index in [1.165, 1.54) is 5.56 Å². The normalized spacial score (nSPS) is 13.8. The number of carbonyl (C=O) groups is 1. The number of thioether (sulfide) groups is 1. The van der Waals surface area contributed by atoms with E-state index in [0.29, 0.717) is 18.7 Å². The molecule has 0 atom stereocenters. The zero-order valence-corrected chi connectivity index (χ0v) is 16.7. The number of hydrogen-bond acceptors (Lipinski definition) is 4. The lowest BCUT2D eigenvalue weighted by Crippen LogP contribution is -2.37. The van der Waals surface area contributed by atoms with Crippen molar-refractivity contribution >= 4 is 17.7 Å². The van der Waals surface area contributed by atoms with Crippen molar-refractivity contribution in [3.63, 3.8) is 0 Å². The number of hydrogen-bond donors (Lipinski definition) is 0. The van der Waals surface area contributed by atoms with E-state index in [2.05, 4.69) is 9.97 Å². The van der Waals surface area contributed by atoms with Crippen LogP contribution in [0.5, 0.6) is 0 Å². The van der Waals surface area contributed by atoms with Crippen molar-refractivity contribution in [2.75, 3.05) is 12.3 Å². The molecule has 1 aliphatic heterocycles. The van der Waals surface area contributed by atoms with E-state index >= 15 is 0 Å². The van der Waals surface area contributed by atoms with Gasteiger partial charge in [0, 0.05) is 18.7 Å². The van der Waals surface area contributed by atoms with Crippen LogP contribution < -0.4 is 0 Å². The second-order valence-electron chi connectivity index (χ2n) is 6.91. The summed E-state index contributed by atoms with van der Waals surface area (Å²) >= 11 is 0.929. The van der Waals surface area contributed by atoms with Gasteiger partial charge < -0.3 is 4.90 Å². The predicted octanol–water partition coefficient (Wildman–Crippen LogP) is 4.84. The van der Waals surface area contributed by atoms with Gasteiger partial charge in [-0.1, -0.05) is 66.4 Å². The molecule has 0 bridgehead atoms. The van der Waals surface area contributed by atoms with E-state index in [1.54, 1.807) is 35.2 Å². The maximum atomic E-state index is 13.3. The summed E-state index contributed by atoms with van der Waals surface area (Å²) in [6, 6.07) is 17.5. The molecule has 0 radical (unpaired) electrons. The molecule has 0 N–H and O–H groups in total. The van der Waals surface area contributed by atoms with Gasteiger partial charge in [-0.2, -0.15) is 13.2 Å². The summed E-state index contributed by atoms with van der Waals surface area (Å²) in [6.07, 6.45) is -3.83. The Morgan fingerprint density at radius 1 is 1.00 bits per heavy atom. The van der Waals surface area contributed by atoms with Crippen LogP contribution in [-0.2, 0) is 23.9 Å². The Labute approximate surface area is 176 Å². The van der Waals surface area contributed by atoms with Gasteiger partial charge in [0.2, 0.25) is 5.91 Å². The number of alkyl halides is 3. The molecule has 1 amide bonds. The third-order valence-electron chi connectivity index (χ3n) is 4.87. The van der Waals surface area contributed by atoms with Crippen molar-refractivity contribution < 1.29 is 18.0 Å². The summed E-state index contributed by atoms with van der Waals surface area (Å²) in [7, 11) is 0. The maximum absolute atomic E-state index is 13.3. The molecule has 0 spiro atoms. The highest BCUT2D eigenvalue weighted by atomic mass is 32.2. The van der Waals surface area contributed by atoms with E-state index in [-0.39, 0.29) is 22.5 Å². The molecule has 0 aliphatic carbocycles. The molecule has 2 heterocycles. The predicted molar refractivity (Wildman–Crippen MR) is 109 cm³/mol. The van der Waals surface area contributed by atoms with Crippen LogP contribution in [0.3, 0.4) is 0 Å². The van der Waals surface area contributed by atoms with Crippen LogP contribution >= 0.6 is 11.8 Å². The van der Waals surface area contributed by atoms with Crippen molar-refractivity contribution in [3.05, 3.63) is 77.5 Å². The number of amides is 1. The first-order valence-corrected chi connectivity index (χ1v) is 10.4. The van der Waals surface area contributed by atoms with E-state index in [0.717, 1.165) is 29.8 Å². The number of rotatable bonds is 4. The van der Waals surface area contributed by atoms with Crippen molar-refractivity contribution in [2.24, 2.45) is 0 Å². The smallest absolute Gasteiger partial charge is 0.337 e. The van der Waals surface area contributed by atoms with Crippen LogP contribution in [0.25, 0.3) is 11.3 Å². The van der Waals surface area contributed by atoms with E-state index < -0.39 is 11.9 Å². The first-order chi connectivity index (χ1) is 14.4. The van der Waals surface area contributed by atoms with Crippen LogP contribution in [0, 0.1) is 0 Å². The molecule has 4 rings (SSSR count). The summed E-state index contributed by atoms with van der Waals surface area (Å²) in [4.78, 5) is 22.3. The Balaban J connectivity index is 1.51. The molecule has 1 aromatic heterocycles. The number of aromatic nitrogens is 2. The Hall–Kier alpha value is -2.87. The first-order valence-electron chi connectivity index (χ1n) is 9.39. The van der Waals surface area contributed by atoms with Gasteiger partial charge in [-0.05, 0) is 23.6 Å². The second-order valence-corrected chi connectivity index (χ2v) is 7.85. The topological polar surface area (TPSA) is 46.1 Å². The van der Waals surface area contributed by atoms with Gasteiger partial charge in [0.15, 0.2) is 5.16 Å². The number of fused-ring (bicyclic) bond motifs is 1. The van der Waals surface area contributed by atoms with E-state index in [1.807, 2.05) is 24.3 Å². The van der Waals surface area contributed by atoms with Crippen LogP contribution in [-0.4, -0.2) is 33.1 Å². The lowest BCUT2D eigenvalue weighted by molar-refractivity contribution is -0.141.